The third-order valence-corrected chi connectivity index (χ3v) is 5.05. The first-order chi connectivity index (χ1) is 13.6. The first-order valence-corrected chi connectivity index (χ1v) is 9.42. The predicted octanol–water partition coefficient (Wildman–Crippen LogP) is 3.14. The lowest BCUT2D eigenvalue weighted by Crippen LogP contribution is -2.35. The molecule has 4 rings (SSSR count). The first-order valence-electron chi connectivity index (χ1n) is 9.42. The van der Waals surface area contributed by atoms with E-state index in [-0.39, 0.29) is 17.5 Å². The topological polar surface area (TPSA) is 78.8 Å². The molecule has 146 valence electrons. The minimum absolute atomic E-state index is 0.220. The van der Waals surface area contributed by atoms with Gasteiger partial charge in [0.15, 0.2) is 0 Å². The molecule has 8 heteroatoms. The molecule has 0 unspecified atom stereocenters. The maximum Gasteiger partial charge on any atom is 0.256 e. The Kier molecular flexibility index (Phi) is 5.21. The summed E-state index contributed by atoms with van der Waals surface area (Å²) >= 11 is 0. The number of anilines is 1. The molecule has 0 bridgehead atoms. The van der Waals surface area contributed by atoms with E-state index in [1.165, 1.54) is 18.2 Å². The largest absolute Gasteiger partial charge is 0.345 e. The van der Waals surface area contributed by atoms with Crippen LogP contribution in [0.4, 0.5) is 10.2 Å². The number of amides is 1. The number of rotatable bonds is 5. The van der Waals surface area contributed by atoms with Crippen molar-refractivity contribution in [3.8, 4) is 0 Å². The highest BCUT2D eigenvalue weighted by Crippen LogP contribution is 2.26. The van der Waals surface area contributed by atoms with Crippen LogP contribution in [0.25, 0.3) is 0 Å². The summed E-state index contributed by atoms with van der Waals surface area (Å²) in [7, 11) is 0. The first kappa shape index (κ1) is 18.4. The molecule has 1 aliphatic heterocycles. The maximum atomic E-state index is 13.4. The highest BCUT2D eigenvalue weighted by molar-refractivity contribution is 6.03. The van der Waals surface area contributed by atoms with Crippen molar-refractivity contribution in [3.05, 3.63) is 65.6 Å². The number of nitrogens with one attached hydrogen (secondary N) is 2. The molecular weight excluding hydrogens is 359 g/mol. The molecule has 1 aliphatic rings. The smallest absolute Gasteiger partial charge is 0.256 e. The number of H-pyrrole nitrogens is 1. The Morgan fingerprint density at radius 1 is 1.32 bits per heavy atom. The van der Waals surface area contributed by atoms with Gasteiger partial charge < -0.3 is 10.3 Å². The third kappa shape index (κ3) is 4.12. The lowest BCUT2D eigenvalue weighted by molar-refractivity contribution is 0.102. The fourth-order valence-corrected chi connectivity index (χ4v) is 3.64. The van der Waals surface area contributed by atoms with Gasteiger partial charge in [0.25, 0.3) is 5.91 Å². The Bertz CT molecular complexity index is 957. The number of piperidine rings is 1. The van der Waals surface area contributed by atoms with Crippen LogP contribution in [0.3, 0.4) is 0 Å². The van der Waals surface area contributed by atoms with E-state index in [9.17, 15) is 9.18 Å². The Balaban J connectivity index is 1.37. The van der Waals surface area contributed by atoms with Gasteiger partial charge in [-0.1, -0.05) is 6.07 Å². The van der Waals surface area contributed by atoms with E-state index in [0.717, 1.165) is 44.0 Å². The molecule has 7 nitrogen and oxygen atoms in total. The molecule has 2 N–H and O–H groups in total. The van der Waals surface area contributed by atoms with E-state index in [4.69, 9.17) is 0 Å². The Labute approximate surface area is 162 Å². The average molecular weight is 382 g/mol. The second kappa shape index (κ2) is 7.93. The normalized spacial score (nSPS) is 15.6. The van der Waals surface area contributed by atoms with Gasteiger partial charge in [0.1, 0.15) is 17.5 Å². The molecule has 2 aromatic heterocycles. The van der Waals surface area contributed by atoms with Crippen LogP contribution in [-0.4, -0.2) is 43.6 Å². The number of halogens is 1. The van der Waals surface area contributed by atoms with Crippen LogP contribution in [0, 0.1) is 12.7 Å². The summed E-state index contributed by atoms with van der Waals surface area (Å²) in [6, 6.07) is 7.66. The number of hydrogen-bond acceptors (Lipinski definition) is 4. The summed E-state index contributed by atoms with van der Waals surface area (Å²) in [5, 5.41) is 7.26. The molecule has 1 fully saturated rings. The number of nitrogens with zero attached hydrogens (tertiary/aromatic N) is 4. The number of aromatic amines is 1. The molecular formula is C20H23FN6O. The van der Waals surface area contributed by atoms with Crippen molar-refractivity contribution in [2.45, 2.75) is 32.4 Å². The molecule has 1 saturated heterocycles. The van der Waals surface area contributed by atoms with Gasteiger partial charge >= 0.3 is 0 Å². The Morgan fingerprint density at radius 3 is 2.86 bits per heavy atom. The summed E-state index contributed by atoms with van der Waals surface area (Å²) in [6.45, 7) is 4.70. The van der Waals surface area contributed by atoms with Crippen molar-refractivity contribution >= 4 is 11.7 Å². The molecule has 28 heavy (non-hydrogen) atoms. The van der Waals surface area contributed by atoms with Crippen molar-refractivity contribution in [3.63, 3.8) is 0 Å². The van der Waals surface area contributed by atoms with Crippen molar-refractivity contribution in [1.29, 1.82) is 0 Å². The van der Waals surface area contributed by atoms with E-state index in [1.54, 1.807) is 18.3 Å². The van der Waals surface area contributed by atoms with Gasteiger partial charge in [-0.2, -0.15) is 5.10 Å². The van der Waals surface area contributed by atoms with E-state index < -0.39 is 5.82 Å². The van der Waals surface area contributed by atoms with Gasteiger partial charge in [-0.05, 0) is 38.0 Å². The number of imidazole rings is 1. The summed E-state index contributed by atoms with van der Waals surface area (Å²) in [5.41, 5.74) is 1.41. The van der Waals surface area contributed by atoms with Crippen LogP contribution in [0.2, 0.25) is 0 Å². The van der Waals surface area contributed by atoms with E-state index in [0.29, 0.717) is 5.82 Å². The summed E-state index contributed by atoms with van der Waals surface area (Å²) in [4.78, 5) is 22.3. The van der Waals surface area contributed by atoms with Crippen molar-refractivity contribution in [1.82, 2.24) is 24.6 Å². The maximum absolute atomic E-state index is 13.4. The zero-order chi connectivity index (χ0) is 19.5. The fraction of sp³-hybridized carbons (Fsp3) is 0.350. The number of likely N-dealkylation sites (tertiary alicyclic amines) is 1. The molecule has 3 heterocycles. The number of hydrogen-bond donors (Lipinski definition) is 2. The van der Waals surface area contributed by atoms with Gasteiger partial charge in [-0.3, -0.25) is 9.69 Å². The summed E-state index contributed by atoms with van der Waals surface area (Å²) in [5.74, 6) is 0.798. The number of carbonyl (C=O) groups is 1. The minimum atomic E-state index is -0.430. The van der Waals surface area contributed by atoms with E-state index in [1.807, 2.05) is 17.8 Å². The third-order valence-electron chi connectivity index (χ3n) is 5.05. The standard InChI is InChI=1S/C20H23FN6O/c1-14-22-12-17(24-14)13-26-9-6-18(7-10-26)27-19(5-8-23-27)25-20(28)15-3-2-4-16(21)11-15/h2-5,8,11-12,18H,6-7,9-10,13H2,1H3,(H,22,24)(H,25,28). The average Bonchev–Trinajstić information content (AvgIpc) is 3.31. The van der Waals surface area contributed by atoms with Crippen LogP contribution >= 0.6 is 0 Å². The van der Waals surface area contributed by atoms with Gasteiger partial charge in [0.05, 0.1) is 12.2 Å². The summed E-state index contributed by atoms with van der Waals surface area (Å²) < 4.78 is 15.2. The van der Waals surface area contributed by atoms with E-state index >= 15 is 0 Å². The van der Waals surface area contributed by atoms with Crippen LogP contribution in [0.15, 0.2) is 42.7 Å². The highest BCUT2D eigenvalue weighted by atomic mass is 19.1. The second-order valence-electron chi connectivity index (χ2n) is 7.13. The molecule has 3 aromatic rings. The molecule has 0 saturated carbocycles. The van der Waals surface area contributed by atoms with Gasteiger partial charge in [-0.25, -0.2) is 14.1 Å². The van der Waals surface area contributed by atoms with Crippen molar-refractivity contribution < 1.29 is 9.18 Å². The zero-order valence-corrected chi connectivity index (χ0v) is 15.7. The van der Waals surface area contributed by atoms with Crippen LogP contribution in [0.5, 0.6) is 0 Å². The van der Waals surface area contributed by atoms with Crippen molar-refractivity contribution in [2.75, 3.05) is 18.4 Å². The zero-order valence-electron chi connectivity index (χ0n) is 15.7. The highest BCUT2D eigenvalue weighted by Gasteiger charge is 2.23. The predicted molar refractivity (Wildman–Crippen MR) is 103 cm³/mol. The van der Waals surface area contributed by atoms with Crippen LogP contribution < -0.4 is 5.32 Å². The number of aryl methyl sites for hydroxylation is 1. The Morgan fingerprint density at radius 2 is 2.14 bits per heavy atom. The molecule has 0 aliphatic carbocycles. The fourth-order valence-electron chi connectivity index (χ4n) is 3.64. The quantitative estimate of drug-likeness (QED) is 0.711. The number of benzene rings is 1. The SMILES string of the molecule is Cc1ncc(CN2CCC(n3nccc3NC(=O)c3cccc(F)c3)CC2)[nH]1. The van der Waals surface area contributed by atoms with Gasteiger partial charge in [0, 0.05) is 43.2 Å². The minimum Gasteiger partial charge on any atom is -0.345 e. The molecule has 0 atom stereocenters. The molecule has 0 spiro atoms. The van der Waals surface area contributed by atoms with Crippen LogP contribution in [-0.2, 0) is 6.54 Å². The number of carbonyl (C=O) groups excluding carboxylic acids is 1. The lowest BCUT2D eigenvalue weighted by Gasteiger charge is -2.32. The van der Waals surface area contributed by atoms with E-state index in [2.05, 4.69) is 25.3 Å². The molecule has 1 aromatic carbocycles. The van der Waals surface area contributed by atoms with Gasteiger partial charge in [0.2, 0.25) is 0 Å². The monoisotopic (exact) mass is 382 g/mol. The lowest BCUT2D eigenvalue weighted by atomic mass is 10.1. The van der Waals surface area contributed by atoms with Crippen LogP contribution in [0.1, 0.15) is 40.8 Å². The second-order valence-corrected chi connectivity index (χ2v) is 7.13. The molecule has 0 radical (unpaired) electrons. The van der Waals surface area contributed by atoms with Gasteiger partial charge in [-0.15, -0.1) is 0 Å². The molecule has 1 amide bonds. The Hall–Kier alpha value is -3.00. The van der Waals surface area contributed by atoms with Crippen molar-refractivity contribution in [2.24, 2.45) is 0 Å². The summed E-state index contributed by atoms with van der Waals surface area (Å²) in [6.07, 6.45) is 5.45. The number of aromatic nitrogens is 4.